The van der Waals surface area contributed by atoms with Gasteiger partial charge in [-0.2, -0.15) is 24.9 Å². The van der Waals surface area contributed by atoms with Crippen molar-refractivity contribution in [2.24, 2.45) is 0 Å². The molecule has 0 heterocycles. The highest BCUT2D eigenvalue weighted by Crippen LogP contribution is 2.29. The molecule has 6 heteroatoms. The van der Waals surface area contributed by atoms with Crippen LogP contribution in [-0.2, 0) is 17.5 Å². The smallest absolute Gasteiger partial charge is 0.341 e. The van der Waals surface area contributed by atoms with Crippen molar-refractivity contribution >= 4 is 17.7 Å². The lowest BCUT2D eigenvalue weighted by molar-refractivity contribution is -0.137. The van der Waals surface area contributed by atoms with Crippen LogP contribution in [0, 0.1) is 0 Å². The van der Waals surface area contributed by atoms with Crippen molar-refractivity contribution in [3.8, 4) is 0 Å². The first kappa shape index (κ1) is 15.9. The van der Waals surface area contributed by atoms with Crippen LogP contribution in [-0.4, -0.2) is 29.9 Å². The van der Waals surface area contributed by atoms with Crippen LogP contribution < -0.4 is 0 Å². The van der Waals surface area contributed by atoms with Gasteiger partial charge in [-0.25, -0.2) is 0 Å². The van der Waals surface area contributed by atoms with E-state index < -0.39 is 11.7 Å². The Kier molecular flexibility index (Phi) is 5.72. The summed E-state index contributed by atoms with van der Waals surface area (Å²) in [7, 11) is 1.60. The number of carbonyl (C=O) groups is 1. The maximum Gasteiger partial charge on any atom is 0.416 e. The Hall–Kier alpha value is -1.17. The zero-order valence-corrected chi connectivity index (χ0v) is 11.6. The van der Waals surface area contributed by atoms with Crippen LogP contribution in [0.1, 0.15) is 17.5 Å². The first-order valence-corrected chi connectivity index (χ1v) is 7.13. The molecule has 0 fully saturated rings. The van der Waals surface area contributed by atoms with Crippen molar-refractivity contribution in [3.05, 3.63) is 35.4 Å². The Labute approximate surface area is 115 Å². The van der Waals surface area contributed by atoms with E-state index in [9.17, 15) is 18.0 Å². The highest BCUT2D eigenvalue weighted by Gasteiger charge is 2.30. The summed E-state index contributed by atoms with van der Waals surface area (Å²) in [6.07, 6.45) is -2.05. The fourth-order valence-corrected chi connectivity index (χ4v) is 1.97. The zero-order valence-electron chi connectivity index (χ0n) is 10.8. The van der Waals surface area contributed by atoms with Gasteiger partial charge in [-0.3, -0.25) is 4.79 Å². The fourth-order valence-electron chi connectivity index (χ4n) is 1.59. The average Bonchev–Trinajstić information content (AvgIpc) is 2.35. The number of alkyl halides is 3. The van der Waals surface area contributed by atoms with Crippen molar-refractivity contribution in [2.45, 2.75) is 19.1 Å². The molecule has 106 valence electrons. The molecule has 0 radical (unpaired) electrons. The van der Waals surface area contributed by atoms with Gasteiger partial charge in [0, 0.05) is 25.8 Å². The third kappa shape index (κ3) is 5.14. The van der Waals surface area contributed by atoms with E-state index in [1.165, 1.54) is 11.0 Å². The third-order valence-electron chi connectivity index (χ3n) is 2.62. The molecule has 0 aromatic heterocycles. The number of hydrogen-bond donors (Lipinski definition) is 0. The van der Waals surface area contributed by atoms with Gasteiger partial charge in [0.2, 0.25) is 5.91 Å². The minimum Gasteiger partial charge on any atom is -0.341 e. The molecule has 1 aromatic carbocycles. The number of hydrogen-bond acceptors (Lipinski definition) is 2. The molecular formula is C13H16F3NOS. The van der Waals surface area contributed by atoms with E-state index in [0.29, 0.717) is 17.7 Å². The normalized spacial score (nSPS) is 11.4. The van der Waals surface area contributed by atoms with Gasteiger partial charge in [0.15, 0.2) is 0 Å². The quantitative estimate of drug-likeness (QED) is 0.828. The molecule has 0 aliphatic heterocycles. The molecule has 0 atom stereocenters. The second-order valence-electron chi connectivity index (χ2n) is 4.19. The van der Waals surface area contributed by atoms with Gasteiger partial charge in [-0.15, -0.1) is 0 Å². The molecule has 1 aromatic rings. The zero-order chi connectivity index (χ0) is 14.5. The van der Waals surface area contributed by atoms with E-state index in [0.717, 1.165) is 12.1 Å². The topological polar surface area (TPSA) is 20.3 Å². The molecule has 0 saturated carbocycles. The van der Waals surface area contributed by atoms with Crippen molar-refractivity contribution in [1.29, 1.82) is 0 Å². The fraction of sp³-hybridized carbons (Fsp3) is 0.462. The van der Waals surface area contributed by atoms with Gasteiger partial charge in [-0.1, -0.05) is 12.1 Å². The minimum absolute atomic E-state index is 0.0632. The number of nitrogens with zero attached hydrogens (tertiary/aromatic N) is 1. The lowest BCUT2D eigenvalue weighted by Gasteiger charge is -2.18. The summed E-state index contributed by atoms with van der Waals surface area (Å²) >= 11 is 1.56. The van der Waals surface area contributed by atoms with Crippen molar-refractivity contribution in [3.63, 3.8) is 0 Å². The summed E-state index contributed by atoms with van der Waals surface area (Å²) in [4.78, 5) is 13.1. The maximum absolute atomic E-state index is 12.5. The molecule has 0 unspecified atom stereocenters. The molecule has 19 heavy (non-hydrogen) atoms. The predicted octanol–water partition coefficient (Wildman–Crippen LogP) is 3.42. The van der Waals surface area contributed by atoms with E-state index in [-0.39, 0.29) is 12.5 Å². The average molecular weight is 291 g/mol. The summed E-state index contributed by atoms with van der Waals surface area (Å²) in [5.41, 5.74) is -0.204. The van der Waals surface area contributed by atoms with Gasteiger partial charge in [0.05, 0.1) is 5.56 Å². The number of halogens is 3. The second-order valence-corrected chi connectivity index (χ2v) is 5.18. The first-order valence-electron chi connectivity index (χ1n) is 5.73. The van der Waals surface area contributed by atoms with Crippen molar-refractivity contribution < 1.29 is 18.0 Å². The van der Waals surface area contributed by atoms with Gasteiger partial charge < -0.3 is 4.90 Å². The lowest BCUT2D eigenvalue weighted by atomic mass is 10.1. The lowest BCUT2D eigenvalue weighted by Crippen LogP contribution is -2.26. The first-order chi connectivity index (χ1) is 8.84. The summed E-state index contributed by atoms with van der Waals surface area (Å²) in [6, 6.07) is 5.06. The molecule has 1 rings (SSSR count). The predicted molar refractivity (Wildman–Crippen MR) is 70.9 cm³/mol. The van der Waals surface area contributed by atoms with Crippen LogP contribution in [0.3, 0.4) is 0 Å². The third-order valence-corrected chi connectivity index (χ3v) is 3.23. The van der Waals surface area contributed by atoms with Crippen LogP contribution in [0.15, 0.2) is 24.3 Å². The van der Waals surface area contributed by atoms with Crippen LogP contribution in [0.4, 0.5) is 13.2 Å². The summed E-state index contributed by atoms with van der Waals surface area (Å²) in [5.74, 6) is 0.651. The van der Waals surface area contributed by atoms with Gasteiger partial charge in [0.25, 0.3) is 0 Å². The van der Waals surface area contributed by atoms with Crippen LogP contribution in [0.2, 0.25) is 0 Å². The molecule has 0 aliphatic rings. The standard InChI is InChI=1S/C13H16F3NOS/c1-17(12(18)6-7-19-2)9-10-4-3-5-11(8-10)13(14,15)16/h3-5,8H,6-7,9H2,1-2H3. The Bertz CT molecular complexity index is 434. The number of rotatable bonds is 5. The van der Waals surface area contributed by atoms with Gasteiger partial charge >= 0.3 is 6.18 Å². The number of amides is 1. The Morgan fingerprint density at radius 3 is 2.63 bits per heavy atom. The molecule has 1 amide bonds. The molecule has 0 bridgehead atoms. The molecule has 0 spiro atoms. The van der Waals surface area contributed by atoms with Crippen LogP contribution in [0.25, 0.3) is 0 Å². The highest BCUT2D eigenvalue weighted by molar-refractivity contribution is 7.98. The van der Waals surface area contributed by atoms with E-state index in [2.05, 4.69) is 0 Å². The minimum atomic E-state index is -4.35. The largest absolute Gasteiger partial charge is 0.416 e. The van der Waals surface area contributed by atoms with E-state index in [1.54, 1.807) is 24.9 Å². The molecule has 2 nitrogen and oxygen atoms in total. The molecule has 0 aliphatic carbocycles. The monoisotopic (exact) mass is 291 g/mol. The Morgan fingerprint density at radius 2 is 2.05 bits per heavy atom. The number of benzene rings is 1. The summed E-state index contributed by atoms with van der Waals surface area (Å²) in [6.45, 7) is 0.192. The van der Waals surface area contributed by atoms with Crippen LogP contribution in [0.5, 0.6) is 0 Å². The van der Waals surface area contributed by atoms with Gasteiger partial charge in [0.1, 0.15) is 0 Å². The van der Waals surface area contributed by atoms with Crippen molar-refractivity contribution in [1.82, 2.24) is 4.90 Å². The second kappa shape index (κ2) is 6.84. The molecular weight excluding hydrogens is 275 g/mol. The number of thioether (sulfide) groups is 1. The highest BCUT2D eigenvalue weighted by atomic mass is 32.2. The SMILES string of the molecule is CSCCC(=O)N(C)Cc1cccc(C(F)(F)F)c1. The van der Waals surface area contributed by atoms with Crippen molar-refractivity contribution in [2.75, 3.05) is 19.1 Å². The molecule has 0 N–H and O–H groups in total. The van der Waals surface area contributed by atoms with E-state index in [1.807, 2.05) is 6.26 Å². The summed E-state index contributed by atoms with van der Waals surface area (Å²) in [5, 5.41) is 0. The Morgan fingerprint density at radius 1 is 1.37 bits per heavy atom. The van der Waals surface area contributed by atoms with E-state index in [4.69, 9.17) is 0 Å². The Balaban J connectivity index is 2.69. The molecule has 0 saturated heterocycles. The van der Waals surface area contributed by atoms with E-state index >= 15 is 0 Å². The number of carbonyl (C=O) groups excluding carboxylic acids is 1. The van der Waals surface area contributed by atoms with Crippen LogP contribution >= 0.6 is 11.8 Å². The maximum atomic E-state index is 12.5. The van der Waals surface area contributed by atoms with Gasteiger partial charge in [-0.05, 0) is 24.0 Å². The summed E-state index contributed by atoms with van der Waals surface area (Å²) < 4.78 is 37.6.